The number of aromatic amines is 1. The van der Waals surface area contributed by atoms with Crippen molar-refractivity contribution in [2.75, 3.05) is 7.05 Å². The fourth-order valence-corrected chi connectivity index (χ4v) is 3.64. The highest BCUT2D eigenvalue weighted by molar-refractivity contribution is 5.81. The van der Waals surface area contributed by atoms with E-state index in [2.05, 4.69) is 48.1 Å². The van der Waals surface area contributed by atoms with Gasteiger partial charge in [0.1, 0.15) is 11.9 Å². The number of para-hydroxylation sites is 1. The minimum atomic E-state index is -0.0502. The Morgan fingerprint density at radius 2 is 2.00 bits per heavy atom. The molecule has 3 aromatic rings. The molecule has 0 saturated carbocycles. The normalized spacial score (nSPS) is 16.2. The summed E-state index contributed by atoms with van der Waals surface area (Å²) in [5, 5.41) is 1.10. The molecule has 4 heteroatoms. The van der Waals surface area contributed by atoms with Crippen molar-refractivity contribution in [3.8, 4) is 5.75 Å². The number of hydrogen-bond donors (Lipinski definition) is 1. The number of pyridine rings is 1. The summed E-state index contributed by atoms with van der Waals surface area (Å²) in [4.78, 5) is 17.1. The van der Waals surface area contributed by atoms with Crippen LogP contribution in [0.5, 0.6) is 5.75 Å². The van der Waals surface area contributed by atoms with Crippen molar-refractivity contribution >= 4 is 10.9 Å². The van der Waals surface area contributed by atoms with Gasteiger partial charge in [-0.15, -0.1) is 0 Å². The number of H-pyrrole nitrogens is 1. The fourth-order valence-electron chi connectivity index (χ4n) is 3.64. The van der Waals surface area contributed by atoms with Crippen LogP contribution in [0.25, 0.3) is 10.9 Å². The highest BCUT2D eigenvalue weighted by atomic mass is 16.5. The Morgan fingerprint density at radius 3 is 2.88 bits per heavy atom. The number of aromatic nitrogens is 1. The van der Waals surface area contributed by atoms with Gasteiger partial charge >= 0.3 is 0 Å². The molecule has 0 fully saturated rings. The van der Waals surface area contributed by atoms with E-state index in [1.807, 2.05) is 18.2 Å². The maximum atomic E-state index is 11.9. The van der Waals surface area contributed by atoms with Crippen LogP contribution in [0.2, 0.25) is 0 Å². The van der Waals surface area contributed by atoms with Crippen molar-refractivity contribution in [1.29, 1.82) is 0 Å². The molecule has 1 aromatic heterocycles. The number of fused-ring (bicyclic) bond motifs is 2. The van der Waals surface area contributed by atoms with E-state index in [-0.39, 0.29) is 11.7 Å². The number of ether oxygens (including phenoxy) is 1. The number of nitrogens with zero attached hydrogens (tertiary/aromatic N) is 1. The topological polar surface area (TPSA) is 45.3 Å². The Morgan fingerprint density at radius 1 is 1.16 bits per heavy atom. The molecule has 1 aliphatic rings. The van der Waals surface area contributed by atoms with Gasteiger partial charge in [-0.2, -0.15) is 0 Å². The third-order valence-electron chi connectivity index (χ3n) is 4.69. The van der Waals surface area contributed by atoms with Crippen molar-refractivity contribution in [2.24, 2.45) is 0 Å². The second-order valence-corrected chi connectivity index (χ2v) is 6.95. The first-order valence-electron chi connectivity index (χ1n) is 8.66. The molecule has 0 radical (unpaired) electrons. The second kappa shape index (κ2) is 6.37. The number of benzene rings is 2. The van der Waals surface area contributed by atoms with E-state index in [1.54, 1.807) is 6.07 Å². The molecule has 0 saturated heterocycles. The summed E-state index contributed by atoms with van der Waals surface area (Å²) in [5.41, 5.74) is 4.46. The Kier molecular flexibility index (Phi) is 4.06. The SMILES string of the molecule is C[C@@H]1Cc2cc(CN(C)Cc3cc(=O)[nH]c4ccccc34)ccc2O1. The summed E-state index contributed by atoms with van der Waals surface area (Å²) in [6.45, 7) is 3.67. The third-order valence-corrected chi connectivity index (χ3v) is 4.69. The Balaban J connectivity index is 1.54. The molecule has 0 aliphatic carbocycles. The first kappa shape index (κ1) is 15.9. The van der Waals surface area contributed by atoms with E-state index >= 15 is 0 Å². The van der Waals surface area contributed by atoms with Crippen molar-refractivity contribution in [3.05, 3.63) is 75.6 Å². The lowest BCUT2D eigenvalue weighted by Crippen LogP contribution is -2.19. The Bertz CT molecular complexity index is 977. The molecule has 0 spiro atoms. The molecule has 0 unspecified atom stereocenters. The van der Waals surface area contributed by atoms with Gasteiger partial charge in [0.2, 0.25) is 5.56 Å². The lowest BCUT2D eigenvalue weighted by atomic mass is 10.1. The van der Waals surface area contributed by atoms with Gasteiger partial charge in [-0.05, 0) is 42.8 Å². The van der Waals surface area contributed by atoms with Crippen LogP contribution in [0.3, 0.4) is 0 Å². The van der Waals surface area contributed by atoms with Crippen molar-refractivity contribution in [3.63, 3.8) is 0 Å². The van der Waals surface area contributed by atoms with E-state index in [9.17, 15) is 4.79 Å². The zero-order valence-electron chi connectivity index (χ0n) is 14.6. The number of hydrogen-bond acceptors (Lipinski definition) is 3. The molecule has 2 heterocycles. The molecule has 1 N–H and O–H groups in total. The fraction of sp³-hybridized carbons (Fsp3) is 0.286. The van der Waals surface area contributed by atoms with Crippen LogP contribution in [0.15, 0.2) is 53.3 Å². The first-order chi connectivity index (χ1) is 12.1. The summed E-state index contributed by atoms with van der Waals surface area (Å²) < 4.78 is 5.77. The lowest BCUT2D eigenvalue weighted by molar-refractivity contribution is 0.254. The lowest BCUT2D eigenvalue weighted by Gasteiger charge is -2.18. The molecule has 4 nitrogen and oxygen atoms in total. The average molecular weight is 334 g/mol. The minimum absolute atomic E-state index is 0.0502. The summed E-state index contributed by atoms with van der Waals surface area (Å²) in [5.74, 6) is 1.01. The van der Waals surface area contributed by atoms with Crippen LogP contribution in [0.1, 0.15) is 23.6 Å². The number of rotatable bonds is 4. The molecule has 0 amide bonds. The zero-order chi connectivity index (χ0) is 17.4. The average Bonchev–Trinajstić information content (AvgIpc) is 2.94. The van der Waals surface area contributed by atoms with Crippen molar-refractivity contribution in [2.45, 2.75) is 32.5 Å². The summed E-state index contributed by atoms with van der Waals surface area (Å²) in [6.07, 6.45) is 1.25. The monoisotopic (exact) mass is 334 g/mol. The molecular formula is C21H22N2O2. The molecule has 4 rings (SSSR count). The van der Waals surface area contributed by atoms with E-state index in [4.69, 9.17) is 4.74 Å². The van der Waals surface area contributed by atoms with Gasteiger partial charge in [0.15, 0.2) is 0 Å². The third kappa shape index (κ3) is 3.30. The molecule has 1 atom stereocenters. The van der Waals surface area contributed by atoms with Gasteiger partial charge in [0, 0.05) is 36.5 Å². The Hall–Kier alpha value is -2.59. The van der Waals surface area contributed by atoms with Gasteiger partial charge in [-0.1, -0.05) is 30.3 Å². The molecular weight excluding hydrogens is 312 g/mol. The van der Waals surface area contributed by atoms with Gasteiger partial charge in [-0.25, -0.2) is 0 Å². The first-order valence-corrected chi connectivity index (χ1v) is 8.66. The molecule has 0 bridgehead atoms. The van der Waals surface area contributed by atoms with Crippen LogP contribution < -0.4 is 10.3 Å². The standard InChI is InChI=1S/C21H22N2O2/c1-14-9-16-10-15(7-8-20(16)25-14)12-23(2)13-17-11-21(24)22-19-6-4-3-5-18(17)19/h3-8,10-11,14H,9,12-13H2,1-2H3,(H,22,24)/t14-/m1/s1. The van der Waals surface area contributed by atoms with Crippen LogP contribution in [-0.2, 0) is 19.5 Å². The van der Waals surface area contributed by atoms with E-state index in [0.29, 0.717) is 0 Å². The van der Waals surface area contributed by atoms with E-state index in [1.165, 1.54) is 11.1 Å². The van der Waals surface area contributed by atoms with Crippen molar-refractivity contribution in [1.82, 2.24) is 9.88 Å². The second-order valence-electron chi connectivity index (χ2n) is 6.95. The molecule has 1 aliphatic heterocycles. The van der Waals surface area contributed by atoms with E-state index in [0.717, 1.165) is 41.7 Å². The quantitative estimate of drug-likeness (QED) is 0.794. The Labute approximate surface area is 147 Å². The zero-order valence-corrected chi connectivity index (χ0v) is 14.6. The molecule has 2 aromatic carbocycles. The predicted octanol–water partition coefficient (Wildman–Crippen LogP) is 3.48. The summed E-state index contributed by atoms with van der Waals surface area (Å²) in [7, 11) is 2.09. The summed E-state index contributed by atoms with van der Waals surface area (Å²) in [6, 6.07) is 16.1. The molecule has 25 heavy (non-hydrogen) atoms. The van der Waals surface area contributed by atoms with Crippen LogP contribution in [0, 0.1) is 0 Å². The van der Waals surface area contributed by atoms with Crippen LogP contribution >= 0.6 is 0 Å². The van der Waals surface area contributed by atoms with Gasteiger partial charge in [0.05, 0.1) is 0 Å². The van der Waals surface area contributed by atoms with Crippen LogP contribution in [-0.4, -0.2) is 23.0 Å². The highest BCUT2D eigenvalue weighted by Crippen LogP contribution is 2.29. The minimum Gasteiger partial charge on any atom is -0.490 e. The predicted molar refractivity (Wildman–Crippen MR) is 100.0 cm³/mol. The van der Waals surface area contributed by atoms with Crippen LogP contribution in [0.4, 0.5) is 0 Å². The molecule has 128 valence electrons. The highest BCUT2D eigenvalue weighted by Gasteiger charge is 2.19. The summed E-state index contributed by atoms with van der Waals surface area (Å²) >= 11 is 0. The maximum absolute atomic E-state index is 11.9. The maximum Gasteiger partial charge on any atom is 0.248 e. The van der Waals surface area contributed by atoms with Gasteiger partial charge < -0.3 is 9.72 Å². The van der Waals surface area contributed by atoms with Gasteiger partial charge in [-0.3, -0.25) is 9.69 Å². The number of nitrogens with one attached hydrogen (secondary N) is 1. The van der Waals surface area contributed by atoms with Gasteiger partial charge in [0.25, 0.3) is 0 Å². The smallest absolute Gasteiger partial charge is 0.248 e. The largest absolute Gasteiger partial charge is 0.490 e. The van der Waals surface area contributed by atoms with E-state index < -0.39 is 0 Å². The van der Waals surface area contributed by atoms with Crippen molar-refractivity contribution < 1.29 is 4.74 Å².